The largest absolute Gasteiger partial charge is 0.491 e. The van der Waals surface area contributed by atoms with E-state index in [9.17, 15) is 4.79 Å². The van der Waals surface area contributed by atoms with Gasteiger partial charge in [-0.15, -0.1) is 0 Å². The van der Waals surface area contributed by atoms with Crippen LogP contribution in [0.1, 0.15) is 19.4 Å². The molecule has 5 nitrogen and oxygen atoms in total. The predicted octanol–water partition coefficient (Wildman–Crippen LogP) is 2.57. The Bertz CT molecular complexity index is 526. The summed E-state index contributed by atoms with van der Waals surface area (Å²) < 4.78 is 15.2. The van der Waals surface area contributed by atoms with E-state index in [2.05, 4.69) is 0 Å². The Balaban J connectivity index is 2.74. The number of nitrogens with zero attached hydrogens (tertiary/aromatic N) is 1. The fourth-order valence-electron chi connectivity index (χ4n) is 1.51. The van der Waals surface area contributed by atoms with Gasteiger partial charge in [-0.1, -0.05) is 12.1 Å². The summed E-state index contributed by atoms with van der Waals surface area (Å²) in [6.07, 6.45) is 1.57. The molecule has 0 amide bonds. The molecule has 5 heteroatoms. The zero-order valence-corrected chi connectivity index (χ0v) is 12.5. The number of ether oxygens (including phenoxy) is 3. The van der Waals surface area contributed by atoms with Crippen LogP contribution < -0.4 is 4.74 Å². The Hall–Kier alpha value is -2.32. The molecular weight excluding hydrogens is 270 g/mol. The molecule has 0 aliphatic rings. The molecule has 0 bridgehead atoms. The smallest absolute Gasteiger partial charge is 0.348 e. The van der Waals surface area contributed by atoms with Crippen LogP contribution in [0.25, 0.3) is 6.08 Å². The SMILES string of the molecule is COCCOC(=O)C(C#N)=Cc1ccc(OC(C)C)cc1. The van der Waals surface area contributed by atoms with E-state index >= 15 is 0 Å². The Morgan fingerprint density at radius 2 is 1.95 bits per heavy atom. The quantitative estimate of drug-likeness (QED) is 0.334. The number of hydrogen-bond acceptors (Lipinski definition) is 5. The Morgan fingerprint density at radius 1 is 1.29 bits per heavy atom. The van der Waals surface area contributed by atoms with Crippen molar-refractivity contribution in [2.75, 3.05) is 20.3 Å². The van der Waals surface area contributed by atoms with E-state index in [1.807, 2.05) is 19.9 Å². The van der Waals surface area contributed by atoms with Crippen LogP contribution >= 0.6 is 0 Å². The minimum atomic E-state index is -0.656. The molecule has 0 unspecified atom stereocenters. The summed E-state index contributed by atoms with van der Waals surface area (Å²) in [5, 5.41) is 9.01. The van der Waals surface area contributed by atoms with E-state index in [1.54, 1.807) is 24.3 Å². The summed E-state index contributed by atoms with van der Waals surface area (Å²) in [7, 11) is 1.51. The lowest BCUT2D eigenvalue weighted by molar-refractivity contribution is -0.139. The first-order valence-corrected chi connectivity index (χ1v) is 6.61. The maximum absolute atomic E-state index is 11.7. The Kier molecular flexibility index (Phi) is 6.99. The highest BCUT2D eigenvalue weighted by Gasteiger charge is 2.10. The van der Waals surface area contributed by atoms with E-state index in [0.29, 0.717) is 6.61 Å². The number of nitriles is 1. The lowest BCUT2D eigenvalue weighted by Gasteiger charge is -2.09. The molecule has 0 aliphatic carbocycles. The van der Waals surface area contributed by atoms with Crippen molar-refractivity contribution in [2.24, 2.45) is 0 Å². The minimum absolute atomic E-state index is 0.0522. The predicted molar refractivity (Wildman–Crippen MR) is 78.6 cm³/mol. The molecule has 1 aromatic carbocycles. The molecule has 0 fully saturated rings. The van der Waals surface area contributed by atoms with Crippen LogP contribution in [-0.2, 0) is 14.3 Å². The van der Waals surface area contributed by atoms with Crippen molar-refractivity contribution in [2.45, 2.75) is 20.0 Å². The van der Waals surface area contributed by atoms with Gasteiger partial charge in [0.25, 0.3) is 0 Å². The van der Waals surface area contributed by atoms with Gasteiger partial charge in [0.15, 0.2) is 0 Å². The van der Waals surface area contributed by atoms with Crippen LogP contribution in [0.2, 0.25) is 0 Å². The van der Waals surface area contributed by atoms with Gasteiger partial charge >= 0.3 is 5.97 Å². The second kappa shape index (κ2) is 8.77. The number of carbonyl (C=O) groups excluding carboxylic acids is 1. The first kappa shape index (κ1) is 16.7. The summed E-state index contributed by atoms with van der Waals surface area (Å²) in [5.74, 6) is 0.0837. The minimum Gasteiger partial charge on any atom is -0.491 e. The van der Waals surface area contributed by atoms with Gasteiger partial charge < -0.3 is 14.2 Å². The lowest BCUT2D eigenvalue weighted by Crippen LogP contribution is -2.11. The molecule has 1 aromatic rings. The molecule has 0 aliphatic heterocycles. The van der Waals surface area contributed by atoms with Crippen LogP contribution in [0.15, 0.2) is 29.8 Å². The van der Waals surface area contributed by atoms with E-state index in [0.717, 1.165) is 11.3 Å². The average molecular weight is 289 g/mol. The Labute approximate surface area is 124 Å². The number of benzene rings is 1. The number of hydrogen-bond donors (Lipinski definition) is 0. The Morgan fingerprint density at radius 3 is 2.48 bits per heavy atom. The average Bonchev–Trinajstić information content (AvgIpc) is 2.46. The summed E-state index contributed by atoms with van der Waals surface area (Å²) in [5.41, 5.74) is 0.676. The van der Waals surface area contributed by atoms with Gasteiger partial charge in [0.1, 0.15) is 24.0 Å². The number of esters is 1. The molecule has 0 heterocycles. The van der Waals surface area contributed by atoms with Gasteiger partial charge in [0.05, 0.1) is 12.7 Å². The fourth-order valence-corrected chi connectivity index (χ4v) is 1.51. The van der Waals surface area contributed by atoms with Gasteiger partial charge in [-0.25, -0.2) is 4.79 Å². The molecule has 0 spiro atoms. The lowest BCUT2D eigenvalue weighted by atomic mass is 10.1. The number of methoxy groups -OCH3 is 1. The van der Waals surface area contributed by atoms with Crippen molar-refractivity contribution in [1.29, 1.82) is 5.26 Å². The van der Waals surface area contributed by atoms with Gasteiger partial charge in [-0.05, 0) is 37.6 Å². The van der Waals surface area contributed by atoms with Crippen LogP contribution in [0, 0.1) is 11.3 Å². The second-order valence-electron chi connectivity index (χ2n) is 4.53. The first-order valence-electron chi connectivity index (χ1n) is 6.61. The van der Waals surface area contributed by atoms with Crippen molar-refractivity contribution in [1.82, 2.24) is 0 Å². The fraction of sp³-hybridized carbons (Fsp3) is 0.375. The molecule has 0 saturated carbocycles. The maximum atomic E-state index is 11.7. The topological polar surface area (TPSA) is 68.5 Å². The standard InChI is InChI=1S/C16H19NO4/c1-12(2)21-15-6-4-13(5-7-15)10-14(11-17)16(18)20-9-8-19-3/h4-7,10,12H,8-9H2,1-3H3. The van der Waals surface area contributed by atoms with Crippen LogP contribution in [0.4, 0.5) is 0 Å². The molecular formula is C16H19NO4. The summed E-state index contributed by atoms with van der Waals surface area (Å²) in [6, 6.07) is 8.97. The normalized spacial score (nSPS) is 11.1. The van der Waals surface area contributed by atoms with Gasteiger partial charge in [0.2, 0.25) is 0 Å². The molecule has 0 saturated heterocycles. The summed E-state index contributed by atoms with van der Waals surface area (Å²) in [4.78, 5) is 11.7. The van der Waals surface area contributed by atoms with Crippen molar-refractivity contribution in [3.05, 3.63) is 35.4 Å². The third-order valence-corrected chi connectivity index (χ3v) is 2.42. The van der Waals surface area contributed by atoms with Crippen molar-refractivity contribution in [3.8, 4) is 11.8 Å². The number of carbonyl (C=O) groups is 1. The van der Waals surface area contributed by atoms with Gasteiger partial charge in [-0.2, -0.15) is 5.26 Å². The highest BCUT2D eigenvalue weighted by Crippen LogP contribution is 2.16. The maximum Gasteiger partial charge on any atom is 0.348 e. The van der Waals surface area contributed by atoms with Crippen molar-refractivity contribution in [3.63, 3.8) is 0 Å². The van der Waals surface area contributed by atoms with E-state index in [4.69, 9.17) is 19.5 Å². The highest BCUT2D eigenvalue weighted by molar-refractivity contribution is 5.97. The van der Waals surface area contributed by atoms with E-state index in [-0.39, 0.29) is 18.3 Å². The molecule has 0 N–H and O–H groups in total. The summed E-state index contributed by atoms with van der Waals surface area (Å²) >= 11 is 0. The van der Waals surface area contributed by atoms with Crippen LogP contribution in [-0.4, -0.2) is 32.4 Å². The highest BCUT2D eigenvalue weighted by atomic mass is 16.6. The molecule has 0 aromatic heterocycles. The third-order valence-electron chi connectivity index (χ3n) is 2.42. The second-order valence-corrected chi connectivity index (χ2v) is 4.53. The van der Waals surface area contributed by atoms with Gasteiger partial charge in [0, 0.05) is 7.11 Å². The first-order chi connectivity index (χ1) is 10.1. The van der Waals surface area contributed by atoms with Crippen LogP contribution in [0.3, 0.4) is 0 Å². The zero-order chi connectivity index (χ0) is 15.7. The zero-order valence-electron chi connectivity index (χ0n) is 12.5. The van der Waals surface area contributed by atoms with E-state index < -0.39 is 5.97 Å². The molecule has 1 rings (SSSR count). The number of rotatable bonds is 7. The van der Waals surface area contributed by atoms with Crippen molar-refractivity contribution < 1.29 is 19.0 Å². The van der Waals surface area contributed by atoms with E-state index in [1.165, 1.54) is 13.2 Å². The van der Waals surface area contributed by atoms with Crippen molar-refractivity contribution >= 4 is 12.0 Å². The molecule has 21 heavy (non-hydrogen) atoms. The molecule has 112 valence electrons. The molecule has 0 radical (unpaired) electrons. The third kappa shape index (κ3) is 6.11. The van der Waals surface area contributed by atoms with Crippen LogP contribution in [0.5, 0.6) is 5.75 Å². The molecule has 0 atom stereocenters. The monoisotopic (exact) mass is 289 g/mol. The summed E-state index contributed by atoms with van der Waals surface area (Å²) in [6.45, 7) is 4.30. The van der Waals surface area contributed by atoms with Gasteiger partial charge in [-0.3, -0.25) is 0 Å².